The van der Waals surface area contributed by atoms with Gasteiger partial charge in [0.1, 0.15) is 5.78 Å². The topological polar surface area (TPSA) is 63.7 Å². The number of carbonyl (C=O) groups is 3. The molecule has 2 aliphatic carbocycles. The van der Waals surface area contributed by atoms with E-state index in [-0.39, 0.29) is 29.6 Å². The van der Waals surface area contributed by atoms with Crippen LogP contribution in [0.3, 0.4) is 0 Å². The average molecular weight is 434 g/mol. The second-order valence-corrected chi connectivity index (χ2v) is 9.14. The zero-order chi connectivity index (χ0) is 22.5. The second kappa shape index (κ2) is 10.1. The number of rotatable bonds is 7. The number of ketones is 1. The molecule has 2 saturated carbocycles. The highest BCUT2D eigenvalue weighted by Crippen LogP contribution is 2.40. The number of hydrogen-bond acceptors (Lipinski definition) is 4. The molecule has 2 aromatic rings. The molecule has 3 atom stereocenters. The van der Waals surface area contributed by atoms with Gasteiger partial charge in [0.05, 0.1) is 5.92 Å². The molecule has 3 unspecified atom stereocenters. The monoisotopic (exact) mass is 433 g/mol. The largest absolute Gasteiger partial charge is 0.452 e. The fraction of sp³-hybridized carbons (Fsp3) is 0.444. The molecule has 2 aromatic carbocycles. The third-order valence-electron chi connectivity index (χ3n) is 6.77. The Labute approximate surface area is 189 Å². The van der Waals surface area contributed by atoms with Crippen LogP contribution in [0, 0.1) is 17.8 Å². The smallest absolute Gasteiger partial charge is 0.309 e. The van der Waals surface area contributed by atoms with Crippen molar-refractivity contribution < 1.29 is 19.1 Å². The van der Waals surface area contributed by atoms with E-state index in [9.17, 15) is 14.4 Å². The minimum atomic E-state index is -0.868. The second-order valence-electron chi connectivity index (χ2n) is 9.14. The van der Waals surface area contributed by atoms with Crippen molar-refractivity contribution in [2.45, 2.75) is 58.2 Å². The summed E-state index contributed by atoms with van der Waals surface area (Å²) in [7, 11) is 0. The predicted molar refractivity (Wildman–Crippen MR) is 121 cm³/mol. The summed E-state index contributed by atoms with van der Waals surface area (Å²) in [5.41, 5.74) is 2.04. The minimum Gasteiger partial charge on any atom is -0.452 e. The van der Waals surface area contributed by atoms with E-state index in [1.165, 1.54) is 0 Å². The highest BCUT2D eigenvalue weighted by Gasteiger charge is 2.42. The summed E-state index contributed by atoms with van der Waals surface area (Å²) in [6.45, 7) is 2.54. The normalized spacial score (nSPS) is 23.3. The number of carbonyl (C=O) groups excluding carboxylic acids is 3. The molecule has 2 fully saturated rings. The lowest BCUT2D eigenvalue weighted by Crippen LogP contribution is -2.43. The molecule has 0 N–H and O–H groups in total. The van der Waals surface area contributed by atoms with E-state index < -0.39 is 6.10 Å². The summed E-state index contributed by atoms with van der Waals surface area (Å²) in [6, 6.07) is 19.6. The summed E-state index contributed by atoms with van der Waals surface area (Å²) < 4.78 is 5.67. The van der Waals surface area contributed by atoms with Crippen LogP contribution in [0.2, 0.25) is 0 Å². The van der Waals surface area contributed by atoms with E-state index in [4.69, 9.17) is 4.74 Å². The molecule has 2 aliphatic rings. The van der Waals surface area contributed by atoms with Gasteiger partial charge in [-0.05, 0) is 43.7 Å². The van der Waals surface area contributed by atoms with Crippen LogP contribution in [-0.4, -0.2) is 28.7 Å². The molecule has 1 amide bonds. The maximum absolute atomic E-state index is 13.3. The lowest BCUT2D eigenvalue weighted by molar-refractivity contribution is -0.165. The molecule has 0 spiro atoms. The molecule has 32 heavy (non-hydrogen) atoms. The number of hydrogen-bond donors (Lipinski definition) is 0. The Kier molecular flexibility index (Phi) is 7.03. The standard InChI is InChI=1S/C27H31NO4/c1-19(32-27(31)24-15-22-13-8-14-23(16-24)25(22)29)26(30)28(17-20-9-4-2-5-10-20)18-21-11-6-3-7-12-21/h2-7,9-12,19,22-24H,8,13-18H2,1H3. The maximum atomic E-state index is 13.3. The molecule has 5 heteroatoms. The minimum absolute atomic E-state index is 0.0151. The Morgan fingerprint density at radius 1 is 0.906 bits per heavy atom. The van der Waals surface area contributed by atoms with Gasteiger partial charge in [-0.25, -0.2) is 0 Å². The molecule has 0 radical (unpaired) electrons. The summed E-state index contributed by atoms with van der Waals surface area (Å²) in [4.78, 5) is 40.3. The molecule has 168 valence electrons. The molecule has 0 heterocycles. The average Bonchev–Trinajstić information content (AvgIpc) is 2.79. The number of esters is 1. The first-order chi connectivity index (χ1) is 15.5. The van der Waals surface area contributed by atoms with Crippen molar-refractivity contribution in [3.63, 3.8) is 0 Å². The molecular weight excluding hydrogens is 402 g/mol. The first-order valence-corrected chi connectivity index (χ1v) is 11.6. The number of nitrogens with zero attached hydrogens (tertiary/aromatic N) is 1. The van der Waals surface area contributed by atoms with Crippen LogP contribution in [0.15, 0.2) is 60.7 Å². The van der Waals surface area contributed by atoms with Gasteiger partial charge in [-0.15, -0.1) is 0 Å². The van der Waals surface area contributed by atoms with Gasteiger partial charge in [-0.2, -0.15) is 0 Å². The Morgan fingerprint density at radius 3 is 1.91 bits per heavy atom. The van der Waals surface area contributed by atoms with E-state index in [2.05, 4.69) is 0 Å². The first-order valence-electron chi connectivity index (χ1n) is 11.6. The number of fused-ring (bicyclic) bond motifs is 2. The van der Waals surface area contributed by atoms with Crippen molar-refractivity contribution in [2.75, 3.05) is 0 Å². The van der Waals surface area contributed by atoms with Crippen LogP contribution in [-0.2, 0) is 32.2 Å². The maximum Gasteiger partial charge on any atom is 0.309 e. The van der Waals surface area contributed by atoms with Crippen LogP contribution in [0.5, 0.6) is 0 Å². The third kappa shape index (κ3) is 5.26. The van der Waals surface area contributed by atoms with Crippen molar-refractivity contribution in [3.8, 4) is 0 Å². The Bertz CT molecular complexity index is 885. The van der Waals surface area contributed by atoms with E-state index >= 15 is 0 Å². The lowest BCUT2D eigenvalue weighted by atomic mass is 9.67. The van der Waals surface area contributed by atoms with Crippen molar-refractivity contribution >= 4 is 17.7 Å². The number of ether oxygens (including phenoxy) is 1. The molecule has 0 aliphatic heterocycles. The summed E-state index contributed by atoms with van der Waals surface area (Å²) in [5.74, 6) is -0.540. The van der Waals surface area contributed by atoms with E-state index in [0.29, 0.717) is 31.7 Å². The summed E-state index contributed by atoms with van der Waals surface area (Å²) in [6.07, 6.45) is 3.06. The van der Waals surface area contributed by atoms with Crippen molar-refractivity contribution in [1.29, 1.82) is 0 Å². The van der Waals surface area contributed by atoms with Crippen molar-refractivity contribution in [3.05, 3.63) is 71.8 Å². The van der Waals surface area contributed by atoms with E-state index in [1.54, 1.807) is 11.8 Å². The molecule has 5 nitrogen and oxygen atoms in total. The van der Waals surface area contributed by atoms with Gasteiger partial charge < -0.3 is 9.64 Å². The SMILES string of the molecule is CC(OC(=O)C1CC2CCCC(C1)C2=O)C(=O)N(Cc1ccccc1)Cc1ccccc1. The number of benzene rings is 2. The Hall–Kier alpha value is -2.95. The van der Waals surface area contributed by atoms with Gasteiger partial charge in [0, 0.05) is 24.9 Å². The Morgan fingerprint density at radius 2 is 1.41 bits per heavy atom. The highest BCUT2D eigenvalue weighted by molar-refractivity contribution is 5.88. The molecular formula is C27H31NO4. The third-order valence-corrected chi connectivity index (χ3v) is 6.77. The fourth-order valence-electron chi connectivity index (χ4n) is 5.07. The number of Topliss-reactive ketones (excluding diaryl/α,β-unsaturated/α-hetero) is 1. The Balaban J connectivity index is 1.42. The quantitative estimate of drug-likeness (QED) is 0.601. The zero-order valence-electron chi connectivity index (χ0n) is 18.6. The van der Waals surface area contributed by atoms with Crippen LogP contribution < -0.4 is 0 Å². The van der Waals surface area contributed by atoms with Gasteiger partial charge in [-0.1, -0.05) is 67.1 Å². The van der Waals surface area contributed by atoms with Crippen LogP contribution in [0.1, 0.15) is 50.2 Å². The zero-order valence-corrected chi connectivity index (χ0v) is 18.6. The van der Waals surface area contributed by atoms with Crippen molar-refractivity contribution in [1.82, 2.24) is 4.90 Å². The van der Waals surface area contributed by atoms with Gasteiger partial charge in [0.15, 0.2) is 6.10 Å². The van der Waals surface area contributed by atoms with Crippen LogP contribution in [0.4, 0.5) is 0 Å². The number of amides is 1. The van der Waals surface area contributed by atoms with E-state index in [1.807, 2.05) is 60.7 Å². The van der Waals surface area contributed by atoms with Gasteiger partial charge in [0.25, 0.3) is 5.91 Å². The van der Waals surface area contributed by atoms with Gasteiger partial charge in [-0.3, -0.25) is 14.4 Å². The summed E-state index contributed by atoms with van der Waals surface area (Å²) in [5, 5.41) is 0. The van der Waals surface area contributed by atoms with Crippen LogP contribution >= 0.6 is 0 Å². The van der Waals surface area contributed by atoms with Gasteiger partial charge in [0.2, 0.25) is 0 Å². The predicted octanol–water partition coefficient (Wildman–Crippen LogP) is 4.54. The van der Waals surface area contributed by atoms with E-state index in [0.717, 1.165) is 30.4 Å². The first kappa shape index (κ1) is 22.3. The summed E-state index contributed by atoms with van der Waals surface area (Å²) >= 11 is 0. The highest BCUT2D eigenvalue weighted by atomic mass is 16.5. The molecule has 0 saturated heterocycles. The molecule has 4 rings (SSSR count). The fourth-order valence-corrected chi connectivity index (χ4v) is 5.07. The van der Waals surface area contributed by atoms with Crippen molar-refractivity contribution in [2.24, 2.45) is 17.8 Å². The van der Waals surface area contributed by atoms with Gasteiger partial charge >= 0.3 is 5.97 Å². The lowest BCUT2D eigenvalue weighted by Gasteiger charge is -2.37. The van der Waals surface area contributed by atoms with Crippen LogP contribution in [0.25, 0.3) is 0 Å². The molecule has 0 aromatic heterocycles. The molecule has 2 bridgehead atoms.